The molecule has 0 bridgehead atoms. The van der Waals surface area contributed by atoms with E-state index in [4.69, 9.17) is 34.9 Å². The molecule has 0 saturated carbocycles. The first-order valence-electron chi connectivity index (χ1n) is 35.1. The van der Waals surface area contributed by atoms with Gasteiger partial charge in [-0.15, -0.1) is 0 Å². The second-order valence-corrected chi connectivity index (χ2v) is 26.8. The van der Waals surface area contributed by atoms with Crippen molar-refractivity contribution in [3.05, 3.63) is 340 Å². The van der Waals surface area contributed by atoms with Crippen molar-refractivity contribution in [2.45, 2.75) is 0 Å². The first kappa shape index (κ1) is 58.8. The monoisotopic (exact) mass is 1320 g/mol. The number of hydrogen-bond donors (Lipinski definition) is 0. The van der Waals surface area contributed by atoms with E-state index in [0.717, 1.165) is 165 Å². The van der Waals surface area contributed by atoms with Crippen LogP contribution in [0.15, 0.2) is 340 Å². The summed E-state index contributed by atoms with van der Waals surface area (Å²) in [6.45, 7) is 0. The predicted molar refractivity (Wildman–Crippen MR) is 433 cm³/mol. The molecule has 0 radical (unpaired) electrons. The Bertz CT molecular complexity index is 7130. The number of benzene rings is 14. The van der Waals surface area contributed by atoms with E-state index in [2.05, 4.69) is 314 Å². The van der Waals surface area contributed by atoms with Gasteiger partial charge in [0, 0.05) is 93.9 Å². The highest BCUT2D eigenvalue weighted by Crippen LogP contribution is 2.45. The van der Waals surface area contributed by atoms with Gasteiger partial charge in [-0.2, -0.15) is 0 Å². The molecule has 22 aromatic rings. The van der Waals surface area contributed by atoms with E-state index < -0.39 is 0 Å². The van der Waals surface area contributed by atoms with Gasteiger partial charge in [0.15, 0.2) is 0 Å². The van der Waals surface area contributed by atoms with Gasteiger partial charge < -0.3 is 0 Å². The van der Waals surface area contributed by atoms with Crippen molar-refractivity contribution < 1.29 is 0 Å². The Hall–Kier alpha value is -14.1. The molecule has 0 spiro atoms. The lowest BCUT2D eigenvalue weighted by molar-refractivity contribution is 1.32. The average molecular weight is 1320 g/mol. The lowest BCUT2D eigenvalue weighted by Gasteiger charge is -2.15. The number of rotatable bonds is 6. The molecule has 14 aromatic carbocycles. The van der Waals surface area contributed by atoms with Crippen molar-refractivity contribution in [3.63, 3.8) is 0 Å². The summed E-state index contributed by atoms with van der Waals surface area (Å²) in [7, 11) is 0. The molecule has 104 heavy (non-hydrogen) atoms. The molecule has 0 unspecified atom stereocenters. The van der Waals surface area contributed by atoms with Gasteiger partial charge in [0.05, 0.1) is 77.8 Å². The van der Waals surface area contributed by atoms with Gasteiger partial charge in [0.2, 0.25) is 0 Å². The molecule has 0 atom stereocenters. The van der Waals surface area contributed by atoms with Crippen LogP contribution in [0.5, 0.6) is 0 Å². The molecule has 8 nitrogen and oxygen atoms in total. The molecule has 0 aliphatic heterocycles. The van der Waals surface area contributed by atoms with E-state index in [1.165, 1.54) is 54.6 Å². The molecule has 8 heterocycles. The average Bonchev–Trinajstić information content (AvgIpc) is 0.738. The van der Waals surface area contributed by atoms with Crippen molar-refractivity contribution in [1.29, 1.82) is 0 Å². The normalized spacial score (nSPS) is 11.8. The first-order valence-corrected chi connectivity index (χ1v) is 35.1. The van der Waals surface area contributed by atoms with Gasteiger partial charge in [-0.3, -0.25) is 9.97 Å². The lowest BCUT2D eigenvalue weighted by Crippen LogP contribution is -1.95. The van der Waals surface area contributed by atoms with Crippen LogP contribution in [0.1, 0.15) is 0 Å². The number of fused-ring (bicyclic) bond motifs is 21. The Balaban J connectivity index is 0.000000136. The Labute approximate surface area is 595 Å². The van der Waals surface area contributed by atoms with Crippen LogP contribution in [-0.4, -0.2) is 39.9 Å². The highest BCUT2D eigenvalue weighted by molar-refractivity contribution is 6.27. The van der Waals surface area contributed by atoms with Crippen molar-refractivity contribution in [2.75, 3.05) is 0 Å². The summed E-state index contributed by atoms with van der Waals surface area (Å²) in [6, 6.07) is 116. The second-order valence-electron chi connectivity index (χ2n) is 26.8. The van der Waals surface area contributed by atoms with Gasteiger partial charge in [0.25, 0.3) is 0 Å². The number of pyridine rings is 8. The Kier molecular flexibility index (Phi) is 13.5. The van der Waals surface area contributed by atoms with Crippen LogP contribution in [0.2, 0.25) is 0 Å². The quantitative estimate of drug-likeness (QED) is 0.120. The smallest absolute Gasteiger partial charge is 0.0978 e. The summed E-state index contributed by atoms with van der Waals surface area (Å²) >= 11 is 0. The fraction of sp³-hybridized carbons (Fsp3) is 0. The van der Waals surface area contributed by atoms with E-state index in [1.807, 2.05) is 30.6 Å². The molecular formula is C96H56N8. The van der Waals surface area contributed by atoms with Crippen LogP contribution < -0.4 is 0 Å². The van der Waals surface area contributed by atoms with E-state index in [9.17, 15) is 0 Å². The van der Waals surface area contributed by atoms with E-state index in [-0.39, 0.29) is 0 Å². The number of aromatic nitrogens is 8. The van der Waals surface area contributed by atoms with Crippen LogP contribution in [0.4, 0.5) is 0 Å². The topological polar surface area (TPSA) is 103 Å². The molecule has 0 N–H and O–H groups in total. The molecule has 480 valence electrons. The van der Waals surface area contributed by atoms with Crippen molar-refractivity contribution >= 4 is 152 Å². The Morgan fingerprint density at radius 3 is 0.981 bits per heavy atom. The minimum atomic E-state index is 0.800. The summed E-state index contributed by atoms with van der Waals surface area (Å²) < 4.78 is 0. The SMILES string of the molecule is c1ccc(-c2c3ccccc3nc3c2ccc2ccc(-c4ccc5c6ccc(-c7ccnc8c7ccc7cccnc78)cc6c6ccccc6c5c4)nc23)cc1.c1ccc(-c2c3ccccc3nc3c2ccc2ccc(-c4ccc5ccc6c(-c7ccccc7)c7ccccc7nc6c5n4)nc23)cc1. The summed E-state index contributed by atoms with van der Waals surface area (Å²) in [5.41, 5.74) is 23.0. The van der Waals surface area contributed by atoms with Crippen molar-refractivity contribution in [1.82, 2.24) is 39.9 Å². The second kappa shape index (κ2) is 23.8. The van der Waals surface area contributed by atoms with Crippen LogP contribution in [0.25, 0.3) is 219 Å². The standard InChI is InChI=1S/C52H30N4.C44H26N4/c1-2-9-31(10-3-1)48-42-14-6-7-15-47(42)56-52-43(48)24-17-33-20-25-46(55-50(33)52)35-19-22-40-39-21-18-34(29-44(39)37-12-4-5-13-38(37)45(40)30-35)36-26-28-54-51-41(36)23-16-32-11-8-27-53-49(32)51;1-3-11-27(12-4-1)39-31-15-7-9-17-35(31)45-43-33(39)23-19-29-21-25-37(47-41(29)43)38-26-22-30-20-24-34-40(28-13-5-2-6-14-28)32-16-8-10-18-36(32)46-44(34)42(30)48-38/h1-30H;1-26H. The molecule has 22 rings (SSSR count). The minimum absolute atomic E-state index is 0.800. The molecule has 8 aromatic heterocycles. The fourth-order valence-electron chi connectivity index (χ4n) is 16.1. The zero-order valence-corrected chi connectivity index (χ0v) is 55.9. The largest absolute Gasteiger partial charge is 0.254 e. The van der Waals surface area contributed by atoms with E-state index in [0.29, 0.717) is 0 Å². The van der Waals surface area contributed by atoms with Crippen LogP contribution in [0.3, 0.4) is 0 Å². The molecule has 0 fully saturated rings. The fourth-order valence-corrected chi connectivity index (χ4v) is 16.1. The summed E-state index contributed by atoms with van der Waals surface area (Å²) in [5.74, 6) is 0. The van der Waals surface area contributed by atoms with E-state index >= 15 is 0 Å². The van der Waals surface area contributed by atoms with Crippen molar-refractivity contribution in [2.24, 2.45) is 0 Å². The molecular weight excluding hydrogens is 1270 g/mol. The number of nitrogens with zero attached hydrogens (tertiary/aromatic N) is 8. The Morgan fingerprint density at radius 1 is 0.163 bits per heavy atom. The molecule has 0 aliphatic carbocycles. The highest BCUT2D eigenvalue weighted by atomic mass is 14.8. The maximum absolute atomic E-state index is 5.38. The number of hydrogen-bond acceptors (Lipinski definition) is 8. The third kappa shape index (κ3) is 9.54. The molecule has 0 aliphatic rings. The third-order valence-electron chi connectivity index (χ3n) is 20.9. The van der Waals surface area contributed by atoms with E-state index in [1.54, 1.807) is 0 Å². The van der Waals surface area contributed by atoms with Gasteiger partial charge in [0.1, 0.15) is 0 Å². The van der Waals surface area contributed by atoms with Gasteiger partial charge in [-0.25, -0.2) is 29.9 Å². The summed E-state index contributed by atoms with van der Waals surface area (Å²) in [6.07, 6.45) is 3.74. The zero-order valence-electron chi connectivity index (χ0n) is 55.9. The third-order valence-corrected chi connectivity index (χ3v) is 20.9. The van der Waals surface area contributed by atoms with Crippen LogP contribution >= 0.6 is 0 Å². The first-order chi connectivity index (χ1) is 51.6. The van der Waals surface area contributed by atoms with Gasteiger partial charge >= 0.3 is 0 Å². The summed E-state index contributed by atoms with van der Waals surface area (Å²) in [4.78, 5) is 41.0. The minimum Gasteiger partial charge on any atom is -0.254 e. The van der Waals surface area contributed by atoms with Gasteiger partial charge in [-0.05, 0) is 121 Å². The highest BCUT2D eigenvalue weighted by Gasteiger charge is 2.21. The van der Waals surface area contributed by atoms with Gasteiger partial charge in [-0.1, -0.05) is 267 Å². The summed E-state index contributed by atoms with van der Waals surface area (Å²) in [5, 5.41) is 19.3. The zero-order chi connectivity index (χ0) is 68.3. The van der Waals surface area contributed by atoms with Crippen LogP contribution in [-0.2, 0) is 0 Å². The molecule has 0 saturated heterocycles. The van der Waals surface area contributed by atoms with Crippen molar-refractivity contribution in [3.8, 4) is 67.2 Å². The maximum Gasteiger partial charge on any atom is 0.0978 e. The predicted octanol–water partition coefficient (Wildman–Crippen LogP) is 24.7. The number of para-hydroxylation sites is 3. The lowest BCUT2D eigenvalue weighted by atomic mass is 9.90. The molecule has 8 heteroatoms. The maximum atomic E-state index is 5.38. The van der Waals surface area contributed by atoms with Crippen LogP contribution in [0, 0.1) is 0 Å². The Morgan fingerprint density at radius 2 is 0.510 bits per heavy atom. The molecule has 0 amide bonds.